The fourth-order valence-corrected chi connectivity index (χ4v) is 3.34. The normalized spacial score (nSPS) is 15.4. The number of halogens is 2. The molecule has 2 aromatic rings. The summed E-state index contributed by atoms with van der Waals surface area (Å²) in [5.74, 6) is 1.04. The lowest BCUT2D eigenvalue weighted by Gasteiger charge is -2.14. The Hall–Kier alpha value is -2.28. The summed E-state index contributed by atoms with van der Waals surface area (Å²) in [5.41, 5.74) is 2.20. The Bertz CT molecular complexity index is 994. The number of carbonyl (C=O) groups excluding carboxylic acids is 1. The van der Waals surface area contributed by atoms with Crippen molar-refractivity contribution < 1.29 is 14.3 Å². The van der Waals surface area contributed by atoms with Gasteiger partial charge in [0.05, 0.1) is 16.7 Å². The van der Waals surface area contributed by atoms with Crippen LogP contribution in [0.2, 0.25) is 10.0 Å². The number of carbonyl (C=O) groups is 1. The molecular formula is C21H20Cl2N2O3S. The Balaban J connectivity index is 1.83. The average Bonchev–Trinajstić information content (AvgIpc) is 2.88. The highest BCUT2D eigenvalue weighted by atomic mass is 35.5. The average molecular weight is 451 g/mol. The first-order chi connectivity index (χ1) is 13.8. The molecule has 3 rings (SSSR count). The molecule has 0 aromatic heterocycles. The van der Waals surface area contributed by atoms with E-state index in [1.807, 2.05) is 31.2 Å². The molecule has 0 radical (unpaired) electrons. The number of likely N-dealkylation sites (N-methyl/N-ethyl adjacent to an activating group) is 2. The number of rotatable bonds is 6. The zero-order chi connectivity index (χ0) is 21.1. The number of thiocarbonyl (C=S) groups is 1. The second kappa shape index (κ2) is 9.03. The largest absolute Gasteiger partial charge is 0.490 e. The fraction of sp³-hybridized carbons (Fsp3) is 0.238. The number of ether oxygens (including phenoxy) is 2. The number of amides is 1. The number of hydrogen-bond acceptors (Lipinski definition) is 4. The Morgan fingerprint density at radius 3 is 2.38 bits per heavy atom. The monoisotopic (exact) mass is 450 g/mol. The van der Waals surface area contributed by atoms with E-state index in [-0.39, 0.29) is 5.91 Å². The fourth-order valence-electron chi connectivity index (χ4n) is 2.84. The third-order valence-corrected chi connectivity index (χ3v) is 5.70. The van der Waals surface area contributed by atoms with Crippen molar-refractivity contribution in [3.63, 3.8) is 0 Å². The van der Waals surface area contributed by atoms with Crippen LogP contribution >= 0.6 is 35.4 Å². The van der Waals surface area contributed by atoms with Crippen LogP contribution in [0.25, 0.3) is 6.08 Å². The quantitative estimate of drug-likeness (QED) is 0.457. The number of benzene rings is 2. The molecule has 29 heavy (non-hydrogen) atoms. The second-order valence-corrected chi connectivity index (χ2v) is 7.59. The molecule has 1 fully saturated rings. The molecule has 1 heterocycles. The Morgan fingerprint density at radius 1 is 1.00 bits per heavy atom. The van der Waals surface area contributed by atoms with E-state index in [0.29, 0.717) is 45.6 Å². The summed E-state index contributed by atoms with van der Waals surface area (Å²) >= 11 is 17.3. The van der Waals surface area contributed by atoms with Crippen LogP contribution in [0.4, 0.5) is 0 Å². The first kappa shape index (κ1) is 21.4. The minimum absolute atomic E-state index is 0.143. The van der Waals surface area contributed by atoms with Crippen LogP contribution in [0.1, 0.15) is 18.1 Å². The molecule has 8 heteroatoms. The molecule has 0 atom stereocenters. The SMILES string of the molecule is CCOc1cc(/C=C2/C(=O)N(C)C(=S)N2C)ccc1OCc1ccc(Cl)c(Cl)c1. The van der Waals surface area contributed by atoms with Crippen LogP contribution < -0.4 is 9.47 Å². The number of hydrogen-bond donors (Lipinski definition) is 0. The summed E-state index contributed by atoms with van der Waals surface area (Å²) in [5, 5.41) is 1.44. The van der Waals surface area contributed by atoms with E-state index in [4.69, 9.17) is 44.9 Å². The Morgan fingerprint density at radius 2 is 1.76 bits per heavy atom. The molecule has 2 aromatic carbocycles. The van der Waals surface area contributed by atoms with E-state index >= 15 is 0 Å². The summed E-state index contributed by atoms with van der Waals surface area (Å²) in [6.45, 7) is 2.70. The van der Waals surface area contributed by atoms with E-state index in [1.165, 1.54) is 4.90 Å². The van der Waals surface area contributed by atoms with Crippen molar-refractivity contribution >= 4 is 52.5 Å². The van der Waals surface area contributed by atoms with Crippen LogP contribution in [0.3, 0.4) is 0 Å². The summed E-state index contributed by atoms with van der Waals surface area (Å²) < 4.78 is 11.7. The van der Waals surface area contributed by atoms with E-state index in [1.54, 1.807) is 37.2 Å². The predicted octanol–water partition coefficient (Wildman–Crippen LogP) is 5.00. The van der Waals surface area contributed by atoms with Crippen LogP contribution in [0.15, 0.2) is 42.1 Å². The molecule has 0 unspecified atom stereocenters. The van der Waals surface area contributed by atoms with Gasteiger partial charge in [-0.15, -0.1) is 0 Å². The minimum atomic E-state index is -0.143. The summed E-state index contributed by atoms with van der Waals surface area (Å²) in [6, 6.07) is 10.9. The summed E-state index contributed by atoms with van der Waals surface area (Å²) in [4.78, 5) is 15.5. The van der Waals surface area contributed by atoms with Gasteiger partial charge in [-0.3, -0.25) is 9.69 Å². The molecule has 0 spiro atoms. The van der Waals surface area contributed by atoms with Crippen molar-refractivity contribution in [2.75, 3.05) is 20.7 Å². The number of nitrogens with zero attached hydrogens (tertiary/aromatic N) is 2. The van der Waals surface area contributed by atoms with Gasteiger partial charge < -0.3 is 14.4 Å². The van der Waals surface area contributed by atoms with Crippen LogP contribution in [-0.2, 0) is 11.4 Å². The summed E-state index contributed by atoms with van der Waals surface area (Å²) in [6.07, 6.45) is 1.78. The first-order valence-electron chi connectivity index (χ1n) is 8.92. The lowest BCUT2D eigenvalue weighted by Crippen LogP contribution is -2.26. The Labute approximate surface area is 185 Å². The molecule has 0 aliphatic carbocycles. The van der Waals surface area contributed by atoms with Crippen molar-refractivity contribution in [2.45, 2.75) is 13.5 Å². The summed E-state index contributed by atoms with van der Waals surface area (Å²) in [7, 11) is 3.43. The van der Waals surface area contributed by atoms with Crippen LogP contribution in [0, 0.1) is 0 Å². The Kier molecular flexibility index (Phi) is 6.67. The molecule has 1 aliphatic heterocycles. The van der Waals surface area contributed by atoms with Crippen molar-refractivity contribution in [1.29, 1.82) is 0 Å². The van der Waals surface area contributed by atoms with Gasteiger partial charge in [0, 0.05) is 14.1 Å². The third-order valence-electron chi connectivity index (χ3n) is 4.41. The zero-order valence-electron chi connectivity index (χ0n) is 16.2. The second-order valence-electron chi connectivity index (χ2n) is 6.41. The molecule has 0 N–H and O–H groups in total. The van der Waals surface area contributed by atoms with Crippen molar-refractivity contribution in [3.8, 4) is 11.5 Å². The molecule has 1 aliphatic rings. The van der Waals surface area contributed by atoms with E-state index < -0.39 is 0 Å². The standard InChI is InChI=1S/C21H20Cl2N2O3S/c1-4-27-19-11-13(10-17-20(26)25(3)21(29)24(17)2)6-8-18(19)28-12-14-5-7-15(22)16(23)9-14/h5-11H,4,12H2,1-3H3/b17-10-. The minimum Gasteiger partial charge on any atom is -0.490 e. The smallest absolute Gasteiger partial charge is 0.276 e. The van der Waals surface area contributed by atoms with Crippen LogP contribution in [0.5, 0.6) is 11.5 Å². The van der Waals surface area contributed by atoms with Gasteiger partial charge in [0.1, 0.15) is 12.3 Å². The third kappa shape index (κ3) is 4.66. The molecule has 1 saturated heterocycles. The van der Waals surface area contributed by atoms with Gasteiger partial charge in [0.15, 0.2) is 16.6 Å². The predicted molar refractivity (Wildman–Crippen MR) is 120 cm³/mol. The van der Waals surface area contributed by atoms with Crippen LogP contribution in [-0.4, -0.2) is 41.5 Å². The molecule has 1 amide bonds. The molecule has 5 nitrogen and oxygen atoms in total. The van der Waals surface area contributed by atoms with Gasteiger partial charge in [-0.1, -0.05) is 35.3 Å². The van der Waals surface area contributed by atoms with E-state index in [2.05, 4.69) is 0 Å². The van der Waals surface area contributed by atoms with Crippen molar-refractivity contribution in [1.82, 2.24) is 9.80 Å². The highest BCUT2D eigenvalue weighted by molar-refractivity contribution is 7.80. The van der Waals surface area contributed by atoms with Crippen molar-refractivity contribution in [3.05, 3.63) is 63.3 Å². The van der Waals surface area contributed by atoms with Gasteiger partial charge in [-0.05, 0) is 60.6 Å². The first-order valence-corrected chi connectivity index (χ1v) is 10.1. The van der Waals surface area contributed by atoms with Gasteiger partial charge in [-0.2, -0.15) is 0 Å². The maximum Gasteiger partial charge on any atom is 0.276 e. The van der Waals surface area contributed by atoms with E-state index in [9.17, 15) is 4.79 Å². The lowest BCUT2D eigenvalue weighted by atomic mass is 10.1. The highest BCUT2D eigenvalue weighted by Gasteiger charge is 2.32. The molecule has 0 bridgehead atoms. The molecular weight excluding hydrogens is 431 g/mol. The topological polar surface area (TPSA) is 42.0 Å². The van der Waals surface area contributed by atoms with Gasteiger partial charge in [0.25, 0.3) is 5.91 Å². The zero-order valence-corrected chi connectivity index (χ0v) is 18.6. The highest BCUT2D eigenvalue weighted by Crippen LogP contribution is 2.32. The molecule has 152 valence electrons. The maximum absolute atomic E-state index is 12.4. The molecule has 0 saturated carbocycles. The van der Waals surface area contributed by atoms with Crippen molar-refractivity contribution in [2.24, 2.45) is 0 Å². The maximum atomic E-state index is 12.4. The van der Waals surface area contributed by atoms with Gasteiger partial charge in [-0.25, -0.2) is 0 Å². The van der Waals surface area contributed by atoms with E-state index in [0.717, 1.165) is 11.1 Å². The van der Waals surface area contributed by atoms with Gasteiger partial charge in [0.2, 0.25) is 0 Å². The lowest BCUT2D eigenvalue weighted by molar-refractivity contribution is -0.121. The van der Waals surface area contributed by atoms with Gasteiger partial charge >= 0.3 is 0 Å².